The minimum Gasteiger partial charge on any atom is -0.341 e. The number of carbonyl (C=O) groups excluding carboxylic acids is 1. The van der Waals surface area contributed by atoms with E-state index in [1.807, 2.05) is 42.5 Å². The number of halogens is 1. The predicted molar refractivity (Wildman–Crippen MR) is 125 cm³/mol. The van der Waals surface area contributed by atoms with E-state index < -0.39 is 0 Å². The summed E-state index contributed by atoms with van der Waals surface area (Å²) in [5, 5.41) is 1.05. The molecule has 0 saturated heterocycles. The van der Waals surface area contributed by atoms with E-state index in [0.29, 0.717) is 29.1 Å². The Morgan fingerprint density at radius 3 is 2.41 bits per heavy atom. The third kappa shape index (κ3) is 5.06. The first-order valence-electron chi connectivity index (χ1n) is 10.2. The van der Waals surface area contributed by atoms with E-state index in [4.69, 9.17) is 0 Å². The van der Waals surface area contributed by atoms with Gasteiger partial charge in [-0.3, -0.25) is 14.2 Å². The Balaban J connectivity index is 1.56. The highest BCUT2D eigenvalue weighted by molar-refractivity contribution is 7.99. The number of aromatic nitrogens is 2. The minimum atomic E-state index is -0.308. The van der Waals surface area contributed by atoms with Gasteiger partial charge >= 0.3 is 0 Å². The maximum absolute atomic E-state index is 13.2. The van der Waals surface area contributed by atoms with Crippen LogP contribution in [0.2, 0.25) is 0 Å². The van der Waals surface area contributed by atoms with Gasteiger partial charge in [-0.2, -0.15) is 0 Å². The minimum absolute atomic E-state index is 0.104. The fraction of sp³-hybridized carbons (Fsp3) is 0.160. The molecule has 1 amide bonds. The van der Waals surface area contributed by atoms with Crippen LogP contribution in [0.15, 0.2) is 88.8 Å². The molecular formula is C25H22FN3O2S. The summed E-state index contributed by atoms with van der Waals surface area (Å²) in [4.78, 5) is 32.2. The molecule has 5 nitrogen and oxygen atoms in total. The molecule has 7 heteroatoms. The van der Waals surface area contributed by atoms with Crippen molar-refractivity contribution in [1.82, 2.24) is 14.5 Å². The molecule has 0 aliphatic carbocycles. The largest absolute Gasteiger partial charge is 0.341 e. The first kappa shape index (κ1) is 21.8. The van der Waals surface area contributed by atoms with Crippen molar-refractivity contribution in [2.24, 2.45) is 0 Å². The van der Waals surface area contributed by atoms with Gasteiger partial charge in [0.25, 0.3) is 5.56 Å². The second-order valence-corrected chi connectivity index (χ2v) is 8.40. The van der Waals surface area contributed by atoms with E-state index in [2.05, 4.69) is 4.98 Å². The Morgan fingerprint density at radius 1 is 0.969 bits per heavy atom. The van der Waals surface area contributed by atoms with Crippen LogP contribution in [-0.4, -0.2) is 33.2 Å². The van der Waals surface area contributed by atoms with Gasteiger partial charge in [-0.05, 0) is 35.4 Å². The number of para-hydroxylation sites is 1. The van der Waals surface area contributed by atoms with Gasteiger partial charge in [0.05, 0.1) is 23.2 Å². The summed E-state index contributed by atoms with van der Waals surface area (Å²) in [7, 11) is 1.71. The van der Waals surface area contributed by atoms with Gasteiger partial charge in [-0.1, -0.05) is 66.4 Å². The molecule has 0 fully saturated rings. The highest BCUT2D eigenvalue weighted by atomic mass is 32.2. The topological polar surface area (TPSA) is 55.2 Å². The lowest BCUT2D eigenvalue weighted by Crippen LogP contribution is -2.29. The number of thioether (sulfide) groups is 1. The summed E-state index contributed by atoms with van der Waals surface area (Å²) in [5.41, 5.74) is 2.30. The van der Waals surface area contributed by atoms with Gasteiger partial charge in [-0.15, -0.1) is 0 Å². The van der Waals surface area contributed by atoms with Crippen LogP contribution < -0.4 is 5.56 Å². The smallest absolute Gasteiger partial charge is 0.262 e. The molecule has 0 unspecified atom stereocenters. The molecule has 0 radical (unpaired) electrons. The van der Waals surface area contributed by atoms with Gasteiger partial charge < -0.3 is 4.90 Å². The lowest BCUT2D eigenvalue weighted by Gasteiger charge is -2.18. The number of benzene rings is 3. The van der Waals surface area contributed by atoms with Gasteiger partial charge in [0, 0.05) is 13.6 Å². The van der Waals surface area contributed by atoms with Crippen molar-refractivity contribution in [3.8, 4) is 0 Å². The molecule has 1 heterocycles. The van der Waals surface area contributed by atoms with Crippen LogP contribution in [0, 0.1) is 5.82 Å². The van der Waals surface area contributed by atoms with E-state index in [1.165, 1.54) is 23.9 Å². The summed E-state index contributed by atoms with van der Waals surface area (Å²) >= 11 is 1.25. The number of nitrogens with zero attached hydrogens (tertiary/aromatic N) is 3. The van der Waals surface area contributed by atoms with Crippen LogP contribution in [0.3, 0.4) is 0 Å². The molecule has 0 bridgehead atoms. The standard InChI is InChI=1S/C25H22FN3O2S/c1-28(15-19-11-13-20(26)14-12-19)23(30)17-32-25-27-22-10-6-5-9-21(22)24(31)29(25)16-18-7-3-2-4-8-18/h2-14H,15-17H2,1H3. The molecule has 0 spiro atoms. The Bertz CT molecular complexity index is 1290. The lowest BCUT2D eigenvalue weighted by atomic mass is 10.2. The van der Waals surface area contributed by atoms with Crippen LogP contribution >= 0.6 is 11.8 Å². The monoisotopic (exact) mass is 447 g/mol. The maximum atomic E-state index is 13.2. The number of hydrogen-bond donors (Lipinski definition) is 0. The highest BCUT2D eigenvalue weighted by Crippen LogP contribution is 2.20. The molecule has 162 valence electrons. The molecule has 0 N–H and O–H groups in total. The number of amides is 1. The molecule has 1 aromatic heterocycles. The van der Waals surface area contributed by atoms with Crippen molar-refractivity contribution in [2.45, 2.75) is 18.2 Å². The van der Waals surface area contributed by atoms with Crippen molar-refractivity contribution in [3.63, 3.8) is 0 Å². The van der Waals surface area contributed by atoms with E-state index in [9.17, 15) is 14.0 Å². The lowest BCUT2D eigenvalue weighted by molar-refractivity contribution is -0.127. The number of carbonyl (C=O) groups is 1. The van der Waals surface area contributed by atoms with Gasteiger partial charge in [0.1, 0.15) is 5.82 Å². The second-order valence-electron chi connectivity index (χ2n) is 7.45. The first-order chi connectivity index (χ1) is 15.5. The molecular weight excluding hydrogens is 425 g/mol. The van der Waals surface area contributed by atoms with Crippen molar-refractivity contribution in [3.05, 3.63) is 106 Å². The highest BCUT2D eigenvalue weighted by Gasteiger charge is 2.16. The number of rotatable bonds is 7. The summed E-state index contributed by atoms with van der Waals surface area (Å²) in [5.74, 6) is -0.276. The number of hydrogen-bond acceptors (Lipinski definition) is 4. The molecule has 3 aromatic carbocycles. The molecule has 4 rings (SSSR count). The average Bonchev–Trinajstić information content (AvgIpc) is 2.81. The molecule has 0 aliphatic heterocycles. The van der Waals surface area contributed by atoms with E-state index in [0.717, 1.165) is 11.1 Å². The second kappa shape index (κ2) is 9.78. The van der Waals surface area contributed by atoms with Gasteiger partial charge in [0.15, 0.2) is 5.16 Å². The SMILES string of the molecule is CN(Cc1ccc(F)cc1)C(=O)CSc1nc2ccccc2c(=O)n1Cc1ccccc1. The van der Waals surface area contributed by atoms with E-state index in [1.54, 1.807) is 40.8 Å². The van der Waals surface area contributed by atoms with Crippen LogP contribution in [0.5, 0.6) is 0 Å². The normalized spacial score (nSPS) is 10.9. The molecule has 0 aliphatic rings. The van der Waals surface area contributed by atoms with Crippen LogP contribution in [0.1, 0.15) is 11.1 Å². The van der Waals surface area contributed by atoms with Gasteiger partial charge in [0.2, 0.25) is 5.91 Å². The van der Waals surface area contributed by atoms with Crippen molar-refractivity contribution in [1.29, 1.82) is 0 Å². The Labute approximate surface area is 189 Å². The Morgan fingerprint density at radius 2 is 1.66 bits per heavy atom. The quantitative estimate of drug-likeness (QED) is 0.313. The van der Waals surface area contributed by atoms with Crippen LogP contribution in [0.25, 0.3) is 10.9 Å². The van der Waals surface area contributed by atoms with Crippen LogP contribution in [0.4, 0.5) is 4.39 Å². The van der Waals surface area contributed by atoms with E-state index >= 15 is 0 Å². The Kier molecular flexibility index (Phi) is 6.66. The fourth-order valence-corrected chi connectivity index (χ4v) is 4.29. The molecule has 0 saturated carbocycles. The molecule has 0 atom stereocenters. The third-order valence-electron chi connectivity index (χ3n) is 5.09. The summed E-state index contributed by atoms with van der Waals surface area (Å²) in [6.45, 7) is 0.751. The average molecular weight is 448 g/mol. The number of fused-ring (bicyclic) bond motifs is 1. The maximum Gasteiger partial charge on any atom is 0.262 e. The van der Waals surface area contributed by atoms with E-state index in [-0.39, 0.29) is 23.0 Å². The molecule has 32 heavy (non-hydrogen) atoms. The van der Waals surface area contributed by atoms with Gasteiger partial charge in [-0.25, -0.2) is 9.37 Å². The third-order valence-corrected chi connectivity index (χ3v) is 6.05. The van der Waals surface area contributed by atoms with Crippen LogP contribution in [-0.2, 0) is 17.9 Å². The molecule has 4 aromatic rings. The fourth-order valence-electron chi connectivity index (χ4n) is 3.35. The zero-order chi connectivity index (χ0) is 22.5. The predicted octanol–water partition coefficient (Wildman–Crippen LogP) is 4.33. The summed E-state index contributed by atoms with van der Waals surface area (Å²) in [6, 6.07) is 23.0. The first-order valence-corrected chi connectivity index (χ1v) is 11.1. The van der Waals surface area contributed by atoms with Crippen molar-refractivity contribution >= 4 is 28.6 Å². The zero-order valence-corrected chi connectivity index (χ0v) is 18.4. The van der Waals surface area contributed by atoms with Crippen molar-refractivity contribution in [2.75, 3.05) is 12.8 Å². The van der Waals surface area contributed by atoms with Crippen molar-refractivity contribution < 1.29 is 9.18 Å². The zero-order valence-electron chi connectivity index (χ0n) is 17.6. The summed E-state index contributed by atoms with van der Waals surface area (Å²) in [6.07, 6.45) is 0. The Hall–Kier alpha value is -3.45. The summed E-state index contributed by atoms with van der Waals surface area (Å²) < 4.78 is 14.7.